The number of amides is 1. The number of piperidine rings is 1. The third-order valence-electron chi connectivity index (χ3n) is 6.11. The maximum absolute atomic E-state index is 12.8. The number of hydrogen-bond acceptors (Lipinski definition) is 4. The Balaban J connectivity index is 1.51. The second kappa shape index (κ2) is 10.5. The number of likely N-dealkylation sites (tertiary alicyclic amines) is 1. The van der Waals surface area contributed by atoms with E-state index in [-0.39, 0.29) is 18.1 Å². The van der Waals surface area contributed by atoms with Crippen molar-refractivity contribution in [3.8, 4) is 5.75 Å². The molecule has 1 saturated heterocycles. The van der Waals surface area contributed by atoms with E-state index in [4.69, 9.17) is 14.2 Å². The molecule has 5 heteroatoms. The highest BCUT2D eigenvalue weighted by Crippen LogP contribution is 2.33. The van der Waals surface area contributed by atoms with Gasteiger partial charge in [0.05, 0.1) is 25.9 Å². The molecule has 34 heavy (non-hydrogen) atoms. The Kier molecular flexibility index (Phi) is 7.42. The minimum Gasteiger partial charge on any atom is -0.494 e. The van der Waals surface area contributed by atoms with E-state index in [9.17, 15) is 4.79 Å². The van der Waals surface area contributed by atoms with Crippen LogP contribution in [0.4, 0.5) is 4.79 Å². The van der Waals surface area contributed by atoms with Crippen LogP contribution in [0.15, 0.2) is 66.7 Å². The number of hydrogen-bond donors (Lipinski definition) is 0. The molecular weight excluding hydrogens is 426 g/mol. The SMILES string of the molecule is CCOc1ccc(C2CCN(C(=O)OC(C)(C)C)CC2OCc2ccc3ccccc3c2)cc1. The molecule has 0 aromatic heterocycles. The van der Waals surface area contributed by atoms with Gasteiger partial charge in [-0.1, -0.05) is 48.5 Å². The maximum Gasteiger partial charge on any atom is 0.410 e. The van der Waals surface area contributed by atoms with Crippen molar-refractivity contribution in [3.05, 3.63) is 77.9 Å². The first-order valence-corrected chi connectivity index (χ1v) is 12.1. The summed E-state index contributed by atoms with van der Waals surface area (Å²) in [5.74, 6) is 1.06. The molecule has 2 atom stereocenters. The van der Waals surface area contributed by atoms with Crippen molar-refractivity contribution in [2.75, 3.05) is 19.7 Å². The molecule has 3 aromatic rings. The first-order chi connectivity index (χ1) is 16.3. The summed E-state index contributed by atoms with van der Waals surface area (Å²) in [5.41, 5.74) is 1.80. The smallest absolute Gasteiger partial charge is 0.410 e. The summed E-state index contributed by atoms with van der Waals surface area (Å²) in [7, 11) is 0. The molecule has 1 aliphatic heterocycles. The van der Waals surface area contributed by atoms with Gasteiger partial charge < -0.3 is 19.1 Å². The molecule has 2 unspecified atom stereocenters. The Bertz CT molecular complexity index is 1100. The molecule has 5 nitrogen and oxygen atoms in total. The summed E-state index contributed by atoms with van der Waals surface area (Å²) in [4.78, 5) is 14.6. The van der Waals surface area contributed by atoms with Crippen LogP contribution in [-0.4, -0.2) is 42.4 Å². The van der Waals surface area contributed by atoms with Crippen molar-refractivity contribution in [1.29, 1.82) is 0 Å². The Labute approximate surface area is 202 Å². The number of nitrogens with zero attached hydrogens (tertiary/aromatic N) is 1. The zero-order valence-electron chi connectivity index (χ0n) is 20.6. The standard InChI is InChI=1S/C29H35NO4/c1-5-32-25-14-12-23(13-15-25)26-16-17-30(28(31)34-29(2,3)4)19-27(26)33-20-21-10-11-22-8-6-7-9-24(22)18-21/h6-15,18,26-27H,5,16-17,19-20H2,1-4H3. The van der Waals surface area contributed by atoms with E-state index >= 15 is 0 Å². The molecule has 180 valence electrons. The van der Waals surface area contributed by atoms with Gasteiger partial charge in [0, 0.05) is 12.5 Å². The van der Waals surface area contributed by atoms with Crippen molar-refractivity contribution < 1.29 is 19.0 Å². The summed E-state index contributed by atoms with van der Waals surface area (Å²) in [6.07, 6.45) is 0.401. The molecule has 0 bridgehead atoms. The molecule has 0 N–H and O–H groups in total. The van der Waals surface area contributed by atoms with Crippen LogP contribution in [0.3, 0.4) is 0 Å². The van der Waals surface area contributed by atoms with Gasteiger partial charge >= 0.3 is 6.09 Å². The van der Waals surface area contributed by atoms with E-state index in [0.717, 1.165) is 17.7 Å². The fourth-order valence-electron chi connectivity index (χ4n) is 4.47. The Morgan fingerprint density at radius 3 is 2.44 bits per heavy atom. The summed E-state index contributed by atoms with van der Waals surface area (Å²) >= 11 is 0. The molecule has 1 fully saturated rings. The molecule has 0 saturated carbocycles. The quantitative estimate of drug-likeness (QED) is 0.418. The number of carbonyl (C=O) groups is 1. The van der Waals surface area contributed by atoms with Gasteiger partial charge in [0.25, 0.3) is 0 Å². The van der Waals surface area contributed by atoms with Crippen molar-refractivity contribution in [2.24, 2.45) is 0 Å². The first-order valence-electron chi connectivity index (χ1n) is 12.1. The lowest BCUT2D eigenvalue weighted by Crippen LogP contribution is -2.48. The molecule has 3 aromatic carbocycles. The summed E-state index contributed by atoms with van der Waals surface area (Å²) in [6, 6.07) is 23.0. The van der Waals surface area contributed by atoms with Crippen molar-refractivity contribution >= 4 is 16.9 Å². The first kappa shape index (κ1) is 24.1. The van der Waals surface area contributed by atoms with Gasteiger partial charge in [-0.25, -0.2) is 4.79 Å². The van der Waals surface area contributed by atoms with Gasteiger partial charge in [-0.2, -0.15) is 0 Å². The van der Waals surface area contributed by atoms with E-state index in [0.29, 0.717) is 26.3 Å². The van der Waals surface area contributed by atoms with Gasteiger partial charge in [0.2, 0.25) is 0 Å². The van der Waals surface area contributed by atoms with Crippen LogP contribution in [0.2, 0.25) is 0 Å². The predicted octanol–water partition coefficient (Wildman–Crippen LogP) is 6.55. The number of carbonyl (C=O) groups excluding carboxylic acids is 1. The molecule has 1 amide bonds. The Hall–Kier alpha value is -3.05. The molecule has 0 spiro atoms. The highest BCUT2D eigenvalue weighted by Gasteiger charge is 2.35. The van der Waals surface area contributed by atoms with Gasteiger partial charge in [0.1, 0.15) is 11.4 Å². The van der Waals surface area contributed by atoms with Crippen LogP contribution in [0.5, 0.6) is 5.75 Å². The van der Waals surface area contributed by atoms with Gasteiger partial charge in [-0.3, -0.25) is 0 Å². The second-order valence-corrected chi connectivity index (χ2v) is 9.85. The number of benzene rings is 3. The van der Waals surface area contributed by atoms with Crippen LogP contribution in [-0.2, 0) is 16.1 Å². The molecule has 1 aliphatic rings. The fourth-order valence-corrected chi connectivity index (χ4v) is 4.47. The molecule has 0 aliphatic carbocycles. The third-order valence-corrected chi connectivity index (χ3v) is 6.11. The summed E-state index contributed by atoms with van der Waals surface area (Å²) < 4.78 is 17.7. The number of ether oxygens (including phenoxy) is 3. The van der Waals surface area contributed by atoms with Crippen molar-refractivity contribution in [1.82, 2.24) is 4.90 Å². The monoisotopic (exact) mass is 461 g/mol. The topological polar surface area (TPSA) is 48.0 Å². The van der Waals surface area contributed by atoms with Crippen molar-refractivity contribution in [3.63, 3.8) is 0 Å². The van der Waals surface area contributed by atoms with Crippen molar-refractivity contribution in [2.45, 2.75) is 58.3 Å². The lowest BCUT2D eigenvalue weighted by molar-refractivity contribution is -0.0359. The molecular formula is C29H35NO4. The number of rotatable bonds is 6. The van der Waals surface area contributed by atoms with Crippen LogP contribution in [0.25, 0.3) is 10.8 Å². The van der Waals surface area contributed by atoms with E-state index in [1.807, 2.05) is 45.9 Å². The van der Waals surface area contributed by atoms with E-state index in [1.165, 1.54) is 16.3 Å². The van der Waals surface area contributed by atoms with E-state index in [1.54, 1.807) is 4.90 Å². The van der Waals surface area contributed by atoms with E-state index in [2.05, 4.69) is 48.5 Å². The molecule has 4 rings (SSSR count). The lowest BCUT2D eigenvalue weighted by Gasteiger charge is -2.39. The summed E-state index contributed by atoms with van der Waals surface area (Å²) in [6.45, 7) is 9.94. The zero-order valence-corrected chi connectivity index (χ0v) is 20.6. The van der Waals surface area contributed by atoms with Gasteiger partial charge in [-0.05, 0) is 74.2 Å². The Morgan fingerprint density at radius 2 is 1.74 bits per heavy atom. The highest BCUT2D eigenvalue weighted by molar-refractivity contribution is 5.82. The zero-order chi connectivity index (χ0) is 24.1. The lowest BCUT2D eigenvalue weighted by atomic mass is 9.87. The third kappa shape index (κ3) is 6.09. The molecule has 1 heterocycles. The van der Waals surface area contributed by atoms with Crippen LogP contribution in [0, 0.1) is 0 Å². The average molecular weight is 462 g/mol. The second-order valence-electron chi connectivity index (χ2n) is 9.85. The minimum atomic E-state index is -0.523. The highest BCUT2D eigenvalue weighted by atomic mass is 16.6. The van der Waals surface area contributed by atoms with Crippen LogP contribution in [0.1, 0.15) is 51.2 Å². The molecule has 0 radical (unpaired) electrons. The number of fused-ring (bicyclic) bond motifs is 1. The fraction of sp³-hybridized carbons (Fsp3) is 0.414. The predicted molar refractivity (Wildman–Crippen MR) is 135 cm³/mol. The Morgan fingerprint density at radius 1 is 1.00 bits per heavy atom. The average Bonchev–Trinajstić information content (AvgIpc) is 2.82. The van der Waals surface area contributed by atoms with Crippen LogP contribution >= 0.6 is 0 Å². The van der Waals surface area contributed by atoms with Gasteiger partial charge in [-0.15, -0.1) is 0 Å². The normalized spacial score (nSPS) is 18.6. The van der Waals surface area contributed by atoms with Gasteiger partial charge in [0.15, 0.2) is 0 Å². The largest absolute Gasteiger partial charge is 0.494 e. The summed E-state index contributed by atoms with van der Waals surface area (Å²) in [5, 5.41) is 2.41. The van der Waals surface area contributed by atoms with Crippen LogP contribution < -0.4 is 4.74 Å². The minimum absolute atomic E-state index is 0.134. The maximum atomic E-state index is 12.8. The van der Waals surface area contributed by atoms with E-state index < -0.39 is 5.60 Å².